The van der Waals surface area contributed by atoms with E-state index in [0.29, 0.717) is 0 Å². The first-order valence-electron chi connectivity index (χ1n) is 5.96. The summed E-state index contributed by atoms with van der Waals surface area (Å²) in [7, 11) is 0. The van der Waals surface area contributed by atoms with Gasteiger partial charge in [0.2, 0.25) is 0 Å². The van der Waals surface area contributed by atoms with Crippen molar-refractivity contribution in [2.75, 3.05) is 0 Å². The Labute approximate surface area is 106 Å². The van der Waals surface area contributed by atoms with Gasteiger partial charge in [0, 0.05) is 5.54 Å². The Morgan fingerprint density at radius 3 is 2.41 bits per heavy atom. The molecule has 1 fully saturated rings. The number of aryl methyl sites for hydroxylation is 1. The van der Waals surface area contributed by atoms with E-state index in [0.717, 1.165) is 36.8 Å². The van der Waals surface area contributed by atoms with Gasteiger partial charge in [-0.25, -0.2) is 0 Å². The maximum atomic E-state index is 9.72. The molecule has 0 bridgehead atoms. The van der Waals surface area contributed by atoms with Crippen LogP contribution in [-0.2, 0) is 5.54 Å². The minimum absolute atomic E-state index is 0.185. The van der Waals surface area contributed by atoms with Gasteiger partial charge < -0.3 is 15.9 Å². The predicted molar refractivity (Wildman–Crippen MR) is 68.5 cm³/mol. The maximum Gasteiger partial charge on any atom is 0.176 e. The van der Waals surface area contributed by atoms with Crippen LogP contribution in [-0.4, -0.2) is 10.2 Å². The van der Waals surface area contributed by atoms with Crippen LogP contribution in [0.15, 0.2) is 6.07 Å². The zero-order valence-corrected chi connectivity index (χ0v) is 10.7. The van der Waals surface area contributed by atoms with Crippen LogP contribution in [0, 0.1) is 6.92 Å². The van der Waals surface area contributed by atoms with Crippen molar-refractivity contribution in [1.29, 1.82) is 0 Å². The molecule has 0 aromatic heterocycles. The molecule has 0 heterocycles. The number of benzene rings is 1. The van der Waals surface area contributed by atoms with Crippen LogP contribution in [0.4, 0.5) is 0 Å². The van der Waals surface area contributed by atoms with E-state index in [1.807, 2.05) is 6.92 Å². The van der Waals surface area contributed by atoms with Gasteiger partial charge in [0.1, 0.15) is 0 Å². The second-order valence-corrected chi connectivity index (χ2v) is 5.34. The zero-order chi connectivity index (χ0) is 12.6. The fraction of sp³-hybridized carbons (Fsp3) is 0.538. The monoisotopic (exact) mass is 255 g/mol. The molecule has 0 spiro atoms. The zero-order valence-electron chi connectivity index (χ0n) is 9.96. The van der Waals surface area contributed by atoms with Gasteiger partial charge in [0.15, 0.2) is 11.5 Å². The summed E-state index contributed by atoms with van der Waals surface area (Å²) in [4.78, 5) is 0. The van der Waals surface area contributed by atoms with Gasteiger partial charge in [-0.1, -0.05) is 30.9 Å². The Kier molecular flexibility index (Phi) is 3.23. The van der Waals surface area contributed by atoms with Crippen LogP contribution in [0.3, 0.4) is 0 Å². The van der Waals surface area contributed by atoms with Gasteiger partial charge in [-0.05, 0) is 37.0 Å². The summed E-state index contributed by atoms with van der Waals surface area (Å²) in [5.74, 6) is -0.446. The molecule has 4 heteroatoms. The van der Waals surface area contributed by atoms with Crippen molar-refractivity contribution in [1.82, 2.24) is 0 Å². The summed E-state index contributed by atoms with van der Waals surface area (Å²) < 4.78 is 0. The van der Waals surface area contributed by atoms with Crippen molar-refractivity contribution in [3.05, 3.63) is 22.2 Å². The van der Waals surface area contributed by atoms with Gasteiger partial charge in [-0.15, -0.1) is 0 Å². The minimum Gasteiger partial charge on any atom is -0.504 e. The highest BCUT2D eigenvalue weighted by Gasteiger charge is 2.34. The number of nitrogens with two attached hydrogens (primary N) is 1. The molecule has 94 valence electrons. The Morgan fingerprint density at radius 1 is 1.24 bits per heavy atom. The molecular weight excluding hydrogens is 238 g/mol. The predicted octanol–water partition coefficient (Wildman–Crippen LogP) is 3.18. The highest BCUT2D eigenvalue weighted by molar-refractivity contribution is 6.33. The molecule has 1 saturated carbocycles. The summed E-state index contributed by atoms with van der Waals surface area (Å²) in [5, 5.41) is 19.4. The van der Waals surface area contributed by atoms with Crippen LogP contribution in [0.5, 0.6) is 11.5 Å². The molecule has 4 N–H and O–H groups in total. The first-order chi connectivity index (χ1) is 7.96. The molecule has 1 aromatic carbocycles. The standard InChI is InChI=1S/C13H18ClNO2/c1-8-7-9(16)12(17)11(14)10(8)13(15)5-3-2-4-6-13/h7,16-17H,2-6,15H2,1H3. The van der Waals surface area contributed by atoms with Crippen LogP contribution in [0.2, 0.25) is 5.02 Å². The summed E-state index contributed by atoms with van der Waals surface area (Å²) in [6.07, 6.45) is 5.09. The molecule has 1 aliphatic carbocycles. The van der Waals surface area contributed by atoms with Gasteiger partial charge >= 0.3 is 0 Å². The SMILES string of the molecule is Cc1cc(O)c(O)c(Cl)c1C1(N)CCCCC1. The summed E-state index contributed by atoms with van der Waals surface area (Å²) in [6, 6.07) is 1.53. The Morgan fingerprint density at radius 2 is 1.82 bits per heavy atom. The number of phenolic OH excluding ortho intramolecular Hbond substituents is 2. The van der Waals surface area contributed by atoms with Crippen molar-refractivity contribution >= 4 is 11.6 Å². The smallest absolute Gasteiger partial charge is 0.176 e. The lowest BCUT2D eigenvalue weighted by molar-refractivity contribution is 0.299. The van der Waals surface area contributed by atoms with Gasteiger partial charge in [0.25, 0.3) is 0 Å². The summed E-state index contributed by atoms with van der Waals surface area (Å²) in [6.45, 7) is 1.86. The number of phenols is 2. The molecule has 2 rings (SSSR count). The van der Waals surface area contributed by atoms with E-state index in [-0.39, 0.29) is 16.5 Å². The lowest BCUT2D eigenvalue weighted by atomic mass is 9.76. The second kappa shape index (κ2) is 4.39. The molecule has 0 saturated heterocycles. The summed E-state index contributed by atoms with van der Waals surface area (Å²) >= 11 is 6.14. The Bertz CT molecular complexity index is 440. The molecule has 0 atom stereocenters. The van der Waals surface area contributed by atoms with Gasteiger partial charge in [-0.2, -0.15) is 0 Å². The van der Waals surface area contributed by atoms with E-state index in [9.17, 15) is 10.2 Å². The normalized spacial score (nSPS) is 19.2. The number of halogens is 1. The molecule has 0 amide bonds. The average Bonchev–Trinajstić information content (AvgIpc) is 2.26. The number of rotatable bonds is 1. The fourth-order valence-corrected chi connectivity index (χ4v) is 3.23. The lowest BCUT2D eigenvalue weighted by Gasteiger charge is -2.36. The van der Waals surface area contributed by atoms with Crippen molar-refractivity contribution in [3.8, 4) is 11.5 Å². The maximum absolute atomic E-state index is 9.72. The Balaban J connectivity index is 2.54. The number of aromatic hydroxyl groups is 2. The van der Waals surface area contributed by atoms with E-state index in [1.165, 1.54) is 12.5 Å². The van der Waals surface area contributed by atoms with E-state index in [4.69, 9.17) is 17.3 Å². The van der Waals surface area contributed by atoms with Crippen molar-refractivity contribution in [3.63, 3.8) is 0 Å². The minimum atomic E-state index is -0.468. The topological polar surface area (TPSA) is 66.5 Å². The van der Waals surface area contributed by atoms with Crippen molar-refractivity contribution < 1.29 is 10.2 Å². The molecule has 0 radical (unpaired) electrons. The van der Waals surface area contributed by atoms with E-state index >= 15 is 0 Å². The first-order valence-corrected chi connectivity index (χ1v) is 6.34. The van der Waals surface area contributed by atoms with E-state index in [2.05, 4.69) is 0 Å². The average molecular weight is 256 g/mol. The third-order valence-corrected chi connectivity index (χ3v) is 4.03. The second-order valence-electron chi connectivity index (χ2n) is 4.97. The third kappa shape index (κ3) is 2.09. The van der Waals surface area contributed by atoms with Crippen LogP contribution >= 0.6 is 11.6 Å². The summed E-state index contributed by atoms with van der Waals surface area (Å²) in [5.41, 5.74) is 7.58. The quantitative estimate of drug-likeness (QED) is 0.675. The van der Waals surface area contributed by atoms with Crippen LogP contribution in [0.25, 0.3) is 0 Å². The molecule has 0 unspecified atom stereocenters. The Hall–Kier alpha value is -0.930. The van der Waals surface area contributed by atoms with Crippen molar-refractivity contribution in [2.24, 2.45) is 5.73 Å². The van der Waals surface area contributed by atoms with Crippen LogP contribution < -0.4 is 5.73 Å². The largest absolute Gasteiger partial charge is 0.504 e. The molecule has 3 nitrogen and oxygen atoms in total. The third-order valence-electron chi connectivity index (χ3n) is 3.66. The highest BCUT2D eigenvalue weighted by Crippen LogP contribution is 2.45. The van der Waals surface area contributed by atoms with E-state index < -0.39 is 5.54 Å². The first kappa shape index (κ1) is 12.5. The number of hydrogen-bond donors (Lipinski definition) is 3. The molecule has 1 aromatic rings. The fourth-order valence-electron chi connectivity index (χ4n) is 2.79. The van der Waals surface area contributed by atoms with Crippen molar-refractivity contribution in [2.45, 2.75) is 44.6 Å². The lowest BCUT2D eigenvalue weighted by Crippen LogP contribution is -2.39. The van der Waals surface area contributed by atoms with Gasteiger partial charge in [-0.3, -0.25) is 0 Å². The van der Waals surface area contributed by atoms with Gasteiger partial charge in [0.05, 0.1) is 5.02 Å². The molecule has 1 aliphatic rings. The molecular formula is C13H18ClNO2. The van der Waals surface area contributed by atoms with E-state index in [1.54, 1.807) is 0 Å². The highest BCUT2D eigenvalue weighted by atomic mass is 35.5. The van der Waals surface area contributed by atoms with Crippen LogP contribution in [0.1, 0.15) is 43.2 Å². The molecule has 17 heavy (non-hydrogen) atoms. The molecule has 0 aliphatic heterocycles. The number of hydrogen-bond acceptors (Lipinski definition) is 3.